The minimum Gasteiger partial charge on any atom is -0.383 e. The van der Waals surface area contributed by atoms with Crippen LogP contribution in [0.15, 0.2) is 48.8 Å². The molecule has 0 radical (unpaired) electrons. The van der Waals surface area contributed by atoms with Crippen molar-refractivity contribution < 1.29 is 0 Å². The number of benzene rings is 1. The van der Waals surface area contributed by atoms with E-state index in [4.69, 9.17) is 17.3 Å². The number of rotatable bonds is 2. The van der Waals surface area contributed by atoms with Gasteiger partial charge in [0.15, 0.2) is 0 Å². The Hall–Kier alpha value is -2.33. The number of nitrogen functional groups attached to an aromatic ring is 1. The van der Waals surface area contributed by atoms with Gasteiger partial charge in [0.1, 0.15) is 11.5 Å². The summed E-state index contributed by atoms with van der Waals surface area (Å²) in [5, 5.41) is 5.16. The quantitative estimate of drug-likeness (QED) is 0.785. The lowest BCUT2D eigenvalue weighted by molar-refractivity contribution is 0.782. The Morgan fingerprint density at radius 2 is 1.80 bits per heavy atom. The number of anilines is 1. The van der Waals surface area contributed by atoms with E-state index in [1.165, 1.54) is 0 Å². The number of nitrogens with two attached hydrogens (primary N) is 1. The molecule has 0 saturated carbocycles. The molecule has 0 amide bonds. The number of pyridine rings is 1. The fourth-order valence-corrected chi connectivity index (χ4v) is 2.41. The van der Waals surface area contributed by atoms with Crippen LogP contribution in [0.2, 0.25) is 5.02 Å². The van der Waals surface area contributed by atoms with Gasteiger partial charge in [0, 0.05) is 25.0 Å². The first-order chi connectivity index (χ1) is 9.68. The number of aromatic nitrogens is 3. The standard InChI is InChI=1S/C15H13ClN4/c1-20-15(17)13(10-6-8-18-9-7-10)14(19-20)11-4-2-3-5-12(11)16/h2-9H,17H2,1H3. The molecule has 3 aromatic rings. The van der Waals surface area contributed by atoms with Crippen molar-refractivity contribution in [1.29, 1.82) is 0 Å². The summed E-state index contributed by atoms with van der Waals surface area (Å²) in [4.78, 5) is 4.03. The van der Waals surface area contributed by atoms with Crippen molar-refractivity contribution in [3.8, 4) is 22.4 Å². The lowest BCUT2D eigenvalue weighted by Gasteiger charge is -2.05. The topological polar surface area (TPSA) is 56.7 Å². The summed E-state index contributed by atoms with van der Waals surface area (Å²) in [5.41, 5.74) is 9.66. The minimum absolute atomic E-state index is 0.603. The molecule has 0 fully saturated rings. The third-order valence-electron chi connectivity index (χ3n) is 3.19. The van der Waals surface area contributed by atoms with Crippen molar-refractivity contribution in [1.82, 2.24) is 14.8 Å². The van der Waals surface area contributed by atoms with Gasteiger partial charge in [-0.15, -0.1) is 0 Å². The van der Waals surface area contributed by atoms with Gasteiger partial charge in [-0.3, -0.25) is 9.67 Å². The summed E-state index contributed by atoms with van der Waals surface area (Å²) in [6, 6.07) is 11.4. The smallest absolute Gasteiger partial charge is 0.129 e. The van der Waals surface area contributed by atoms with E-state index in [-0.39, 0.29) is 0 Å². The molecule has 3 rings (SSSR count). The molecule has 0 unspecified atom stereocenters. The summed E-state index contributed by atoms with van der Waals surface area (Å²) < 4.78 is 1.66. The molecule has 2 N–H and O–H groups in total. The van der Waals surface area contributed by atoms with Gasteiger partial charge in [0.25, 0.3) is 0 Å². The Labute approximate surface area is 121 Å². The van der Waals surface area contributed by atoms with Gasteiger partial charge in [-0.05, 0) is 23.8 Å². The van der Waals surface area contributed by atoms with Crippen LogP contribution in [0.1, 0.15) is 0 Å². The summed E-state index contributed by atoms with van der Waals surface area (Å²) in [7, 11) is 1.82. The fraction of sp³-hybridized carbons (Fsp3) is 0.0667. The van der Waals surface area contributed by atoms with Gasteiger partial charge >= 0.3 is 0 Å². The van der Waals surface area contributed by atoms with Gasteiger partial charge in [-0.1, -0.05) is 29.8 Å². The van der Waals surface area contributed by atoms with Gasteiger partial charge in [0.05, 0.1) is 10.6 Å². The first-order valence-electron chi connectivity index (χ1n) is 6.16. The van der Waals surface area contributed by atoms with Crippen LogP contribution < -0.4 is 5.73 Å². The lowest BCUT2D eigenvalue weighted by atomic mass is 10.0. The van der Waals surface area contributed by atoms with Crippen molar-refractivity contribution in [3.05, 3.63) is 53.8 Å². The van der Waals surface area contributed by atoms with Crippen molar-refractivity contribution >= 4 is 17.4 Å². The Bertz CT molecular complexity index is 750. The molecule has 0 aliphatic carbocycles. The molecular weight excluding hydrogens is 272 g/mol. The Morgan fingerprint density at radius 1 is 1.10 bits per heavy atom. The largest absolute Gasteiger partial charge is 0.383 e. The van der Waals surface area contributed by atoms with Crippen LogP contribution >= 0.6 is 11.6 Å². The van der Waals surface area contributed by atoms with Crippen LogP contribution in [-0.4, -0.2) is 14.8 Å². The maximum absolute atomic E-state index is 6.28. The Morgan fingerprint density at radius 3 is 2.50 bits per heavy atom. The second-order valence-electron chi connectivity index (χ2n) is 4.45. The molecule has 4 nitrogen and oxygen atoms in total. The molecule has 2 heterocycles. The molecule has 0 spiro atoms. The van der Waals surface area contributed by atoms with E-state index in [2.05, 4.69) is 10.1 Å². The highest BCUT2D eigenvalue weighted by Crippen LogP contribution is 2.38. The number of hydrogen-bond donors (Lipinski definition) is 1. The van der Waals surface area contributed by atoms with E-state index < -0.39 is 0 Å². The Kier molecular flexibility index (Phi) is 3.16. The molecule has 0 atom stereocenters. The van der Waals surface area contributed by atoms with Gasteiger partial charge in [-0.25, -0.2) is 0 Å². The molecule has 0 bridgehead atoms. The highest BCUT2D eigenvalue weighted by molar-refractivity contribution is 6.33. The van der Waals surface area contributed by atoms with Gasteiger partial charge in [-0.2, -0.15) is 5.10 Å². The Balaban J connectivity index is 2.28. The fourth-order valence-electron chi connectivity index (χ4n) is 2.18. The molecular formula is C15H13ClN4. The molecule has 0 aliphatic rings. The summed E-state index contributed by atoms with van der Waals surface area (Å²) in [5.74, 6) is 0.603. The number of aryl methyl sites for hydroxylation is 1. The van der Waals surface area contributed by atoms with Gasteiger partial charge in [0.2, 0.25) is 0 Å². The molecule has 5 heteroatoms. The lowest BCUT2D eigenvalue weighted by Crippen LogP contribution is -1.97. The molecule has 100 valence electrons. The van der Waals surface area contributed by atoms with Crippen molar-refractivity contribution in [2.75, 3.05) is 5.73 Å². The predicted molar refractivity (Wildman–Crippen MR) is 81.3 cm³/mol. The highest BCUT2D eigenvalue weighted by atomic mass is 35.5. The highest BCUT2D eigenvalue weighted by Gasteiger charge is 2.18. The monoisotopic (exact) mass is 284 g/mol. The number of halogens is 1. The summed E-state index contributed by atoms with van der Waals surface area (Å²) in [6.45, 7) is 0. The minimum atomic E-state index is 0.603. The molecule has 0 aliphatic heterocycles. The van der Waals surface area contributed by atoms with Crippen LogP contribution in [0.5, 0.6) is 0 Å². The summed E-state index contributed by atoms with van der Waals surface area (Å²) >= 11 is 6.28. The van der Waals surface area contributed by atoms with Crippen LogP contribution in [0.25, 0.3) is 22.4 Å². The van der Waals surface area contributed by atoms with Crippen LogP contribution in [0.4, 0.5) is 5.82 Å². The van der Waals surface area contributed by atoms with Crippen molar-refractivity contribution in [2.45, 2.75) is 0 Å². The van der Waals surface area contributed by atoms with E-state index in [1.807, 2.05) is 43.4 Å². The van der Waals surface area contributed by atoms with Gasteiger partial charge < -0.3 is 5.73 Å². The number of nitrogens with zero attached hydrogens (tertiary/aromatic N) is 3. The molecule has 1 aromatic carbocycles. The molecule has 20 heavy (non-hydrogen) atoms. The van der Waals surface area contributed by atoms with Crippen molar-refractivity contribution in [2.24, 2.45) is 7.05 Å². The normalized spacial score (nSPS) is 10.7. The van der Waals surface area contributed by atoms with E-state index in [9.17, 15) is 0 Å². The zero-order valence-electron chi connectivity index (χ0n) is 10.9. The maximum Gasteiger partial charge on any atom is 0.129 e. The van der Waals surface area contributed by atoms with Crippen LogP contribution in [0.3, 0.4) is 0 Å². The average molecular weight is 285 g/mol. The SMILES string of the molecule is Cn1nc(-c2ccccc2Cl)c(-c2ccncc2)c1N. The van der Waals surface area contributed by atoms with E-state index in [0.29, 0.717) is 10.8 Å². The molecule has 2 aromatic heterocycles. The third-order valence-corrected chi connectivity index (χ3v) is 3.52. The van der Waals surface area contributed by atoms with Crippen molar-refractivity contribution in [3.63, 3.8) is 0 Å². The van der Waals surface area contributed by atoms with E-state index in [0.717, 1.165) is 22.4 Å². The first kappa shape index (κ1) is 12.7. The zero-order valence-corrected chi connectivity index (χ0v) is 11.7. The van der Waals surface area contributed by atoms with Crippen LogP contribution in [0, 0.1) is 0 Å². The maximum atomic E-state index is 6.28. The van der Waals surface area contributed by atoms with E-state index in [1.54, 1.807) is 17.1 Å². The second kappa shape index (κ2) is 4.98. The zero-order chi connectivity index (χ0) is 14.1. The van der Waals surface area contributed by atoms with Crippen LogP contribution in [-0.2, 0) is 7.05 Å². The number of hydrogen-bond acceptors (Lipinski definition) is 3. The average Bonchev–Trinajstić information content (AvgIpc) is 2.76. The third kappa shape index (κ3) is 2.04. The molecule has 0 saturated heterocycles. The first-order valence-corrected chi connectivity index (χ1v) is 6.54. The van der Waals surface area contributed by atoms with E-state index >= 15 is 0 Å². The summed E-state index contributed by atoms with van der Waals surface area (Å²) in [6.07, 6.45) is 3.47. The second-order valence-corrected chi connectivity index (χ2v) is 4.86. The predicted octanol–water partition coefficient (Wildman–Crippen LogP) is 3.38.